The van der Waals surface area contributed by atoms with Crippen molar-refractivity contribution in [2.45, 2.75) is 25.8 Å². The first-order valence-corrected chi connectivity index (χ1v) is 6.95. The Bertz CT molecular complexity index is 686. The number of amides is 1. The first-order chi connectivity index (χ1) is 10.7. The van der Waals surface area contributed by atoms with Crippen LogP contribution in [0.4, 0.5) is 0 Å². The molecular formula is C15H16N6O. The molecule has 1 aromatic carbocycles. The van der Waals surface area contributed by atoms with Crippen LogP contribution in [0, 0.1) is 11.3 Å². The summed E-state index contributed by atoms with van der Waals surface area (Å²) in [4.78, 5) is 12.0. The number of carbonyl (C=O) groups is 1. The molecule has 0 saturated carbocycles. The summed E-state index contributed by atoms with van der Waals surface area (Å²) < 4.78 is 0. The van der Waals surface area contributed by atoms with Crippen molar-refractivity contribution in [1.82, 2.24) is 25.9 Å². The fourth-order valence-electron chi connectivity index (χ4n) is 1.98. The van der Waals surface area contributed by atoms with E-state index in [0.717, 1.165) is 18.4 Å². The number of hydrogen-bond acceptors (Lipinski definition) is 5. The van der Waals surface area contributed by atoms with Crippen molar-refractivity contribution in [1.29, 1.82) is 5.26 Å². The average molecular weight is 296 g/mol. The number of nitrogens with zero attached hydrogens (tertiary/aromatic N) is 4. The predicted molar refractivity (Wildman–Crippen MR) is 80.2 cm³/mol. The Morgan fingerprint density at radius 3 is 3.09 bits per heavy atom. The van der Waals surface area contributed by atoms with Gasteiger partial charge in [-0.3, -0.25) is 4.79 Å². The van der Waals surface area contributed by atoms with E-state index >= 15 is 0 Å². The van der Waals surface area contributed by atoms with Crippen LogP contribution in [0.3, 0.4) is 0 Å². The first kappa shape index (κ1) is 15.4. The molecule has 7 nitrogen and oxygen atoms in total. The summed E-state index contributed by atoms with van der Waals surface area (Å²) in [6, 6.07) is 8.82. The number of rotatable bonds is 6. The summed E-state index contributed by atoms with van der Waals surface area (Å²) in [5, 5.41) is 25.4. The smallest absolute Gasteiger partial charge is 0.244 e. The second kappa shape index (κ2) is 7.69. The summed E-state index contributed by atoms with van der Waals surface area (Å²) in [6.45, 7) is 2.02. The quantitative estimate of drug-likeness (QED) is 0.789. The fourth-order valence-corrected chi connectivity index (χ4v) is 1.98. The Morgan fingerprint density at radius 2 is 2.41 bits per heavy atom. The lowest BCUT2D eigenvalue weighted by Crippen LogP contribution is -2.27. The minimum Gasteiger partial charge on any atom is -0.342 e. The lowest BCUT2D eigenvalue weighted by Gasteiger charge is -2.12. The van der Waals surface area contributed by atoms with Gasteiger partial charge in [0.1, 0.15) is 0 Å². The molecule has 0 fully saturated rings. The Morgan fingerprint density at radius 1 is 1.55 bits per heavy atom. The van der Waals surface area contributed by atoms with Gasteiger partial charge in [-0.15, -0.1) is 10.2 Å². The molecule has 112 valence electrons. The molecule has 0 saturated heterocycles. The van der Waals surface area contributed by atoms with Gasteiger partial charge in [0.15, 0.2) is 5.82 Å². The van der Waals surface area contributed by atoms with Crippen LogP contribution in [-0.2, 0) is 4.79 Å². The SMILES string of the molecule is CCCC(NC(=O)/C=C/c1cccc(C#N)c1)c1nn[nH]n1. The molecule has 0 aliphatic carbocycles. The molecular weight excluding hydrogens is 280 g/mol. The molecule has 1 atom stereocenters. The van der Waals surface area contributed by atoms with Gasteiger partial charge in [-0.25, -0.2) is 0 Å². The Hall–Kier alpha value is -3.01. The van der Waals surface area contributed by atoms with Crippen LogP contribution in [0.15, 0.2) is 30.3 Å². The number of benzene rings is 1. The van der Waals surface area contributed by atoms with Crippen molar-refractivity contribution in [3.05, 3.63) is 47.3 Å². The highest BCUT2D eigenvalue weighted by Gasteiger charge is 2.16. The van der Waals surface area contributed by atoms with E-state index in [9.17, 15) is 4.79 Å². The summed E-state index contributed by atoms with van der Waals surface area (Å²) in [5.41, 5.74) is 1.35. The van der Waals surface area contributed by atoms with Gasteiger partial charge < -0.3 is 5.32 Å². The molecule has 1 amide bonds. The predicted octanol–water partition coefficient (Wildman–Crippen LogP) is 1.74. The zero-order valence-electron chi connectivity index (χ0n) is 12.2. The van der Waals surface area contributed by atoms with Gasteiger partial charge >= 0.3 is 0 Å². The largest absolute Gasteiger partial charge is 0.342 e. The van der Waals surface area contributed by atoms with E-state index in [1.165, 1.54) is 6.08 Å². The van der Waals surface area contributed by atoms with E-state index in [4.69, 9.17) is 5.26 Å². The zero-order valence-corrected chi connectivity index (χ0v) is 12.2. The van der Waals surface area contributed by atoms with Crippen molar-refractivity contribution in [3.8, 4) is 6.07 Å². The highest BCUT2D eigenvalue weighted by molar-refractivity contribution is 5.91. The summed E-state index contributed by atoms with van der Waals surface area (Å²) in [6.07, 6.45) is 4.70. The highest BCUT2D eigenvalue weighted by Crippen LogP contribution is 2.13. The van der Waals surface area contributed by atoms with Crippen LogP contribution in [0.25, 0.3) is 6.08 Å². The van der Waals surface area contributed by atoms with Gasteiger partial charge in [-0.05, 0) is 30.2 Å². The Labute approximate surface area is 128 Å². The minimum absolute atomic E-state index is 0.245. The molecule has 1 heterocycles. The van der Waals surface area contributed by atoms with Crippen LogP contribution in [0.2, 0.25) is 0 Å². The summed E-state index contributed by atoms with van der Waals surface area (Å²) in [7, 11) is 0. The van der Waals surface area contributed by atoms with Gasteiger partial charge in [-0.1, -0.05) is 30.7 Å². The average Bonchev–Trinajstić information content (AvgIpc) is 3.07. The Balaban J connectivity index is 2.01. The van der Waals surface area contributed by atoms with Crippen LogP contribution < -0.4 is 5.32 Å². The van der Waals surface area contributed by atoms with E-state index in [-0.39, 0.29) is 11.9 Å². The number of nitriles is 1. The molecule has 0 spiro atoms. The maximum absolute atomic E-state index is 12.0. The molecule has 0 aliphatic heterocycles. The fraction of sp³-hybridized carbons (Fsp3) is 0.267. The number of aromatic nitrogens is 4. The van der Waals surface area contributed by atoms with Crippen LogP contribution in [-0.4, -0.2) is 26.5 Å². The van der Waals surface area contributed by atoms with E-state index in [0.29, 0.717) is 11.4 Å². The molecule has 0 bridgehead atoms. The number of aromatic amines is 1. The zero-order chi connectivity index (χ0) is 15.8. The van der Waals surface area contributed by atoms with E-state index in [1.54, 1.807) is 24.3 Å². The number of hydrogen-bond donors (Lipinski definition) is 2. The van der Waals surface area contributed by atoms with Gasteiger partial charge in [0.05, 0.1) is 17.7 Å². The molecule has 0 radical (unpaired) electrons. The summed E-state index contributed by atoms with van der Waals surface area (Å²) >= 11 is 0. The lowest BCUT2D eigenvalue weighted by molar-refractivity contribution is -0.117. The molecule has 1 aromatic heterocycles. The third kappa shape index (κ3) is 4.24. The van der Waals surface area contributed by atoms with Crippen LogP contribution in [0.1, 0.15) is 42.8 Å². The van der Waals surface area contributed by atoms with Gasteiger partial charge in [0.25, 0.3) is 0 Å². The van der Waals surface area contributed by atoms with Crippen LogP contribution >= 0.6 is 0 Å². The minimum atomic E-state index is -0.272. The number of nitrogens with one attached hydrogen (secondary N) is 2. The number of carbonyl (C=O) groups excluding carboxylic acids is 1. The molecule has 22 heavy (non-hydrogen) atoms. The van der Waals surface area contributed by atoms with Crippen molar-refractivity contribution in [2.75, 3.05) is 0 Å². The Kier molecular flexibility index (Phi) is 5.37. The molecule has 2 aromatic rings. The van der Waals surface area contributed by atoms with Crippen LogP contribution in [0.5, 0.6) is 0 Å². The normalized spacial score (nSPS) is 12.0. The topological polar surface area (TPSA) is 107 Å². The van der Waals surface area contributed by atoms with Crippen molar-refractivity contribution in [2.24, 2.45) is 0 Å². The highest BCUT2D eigenvalue weighted by atomic mass is 16.1. The first-order valence-electron chi connectivity index (χ1n) is 6.95. The monoisotopic (exact) mass is 296 g/mol. The van der Waals surface area contributed by atoms with Gasteiger partial charge in [0, 0.05) is 6.08 Å². The third-order valence-corrected chi connectivity index (χ3v) is 3.01. The summed E-state index contributed by atoms with van der Waals surface area (Å²) in [5.74, 6) is 0.223. The lowest BCUT2D eigenvalue weighted by atomic mass is 10.1. The van der Waals surface area contributed by atoms with Crippen molar-refractivity contribution >= 4 is 12.0 Å². The van der Waals surface area contributed by atoms with Crippen molar-refractivity contribution < 1.29 is 4.79 Å². The second-order valence-corrected chi connectivity index (χ2v) is 4.69. The maximum Gasteiger partial charge on any atom is 0.244 e. The van der Waals surface area contributed by atoms with Gasteiger partial charge in [-0.2, -0.15) is 10.5 Å². The second-order valence-electron chi connectivity index (χ2n) is 4.69. The van der Waals surface area contributed by atoms with E-state index in [1.807, 2.05) is 13.0 Å². The van der Waals surface area contributed by atoms with E-state index in [2.05, 4.69) is 32.0 Å². The maximum atomic E-state index is 12.0. The molecule has 1 unspecified atom stereocenters. The van der Waals surface area contributed by atoms with Gasteiger partial charge in [0.2, 0.25) is 5.91 Å². The third-order valence-electron chi connectivity index (χ3n) is 3.01. The molecule has 0 aliphatic rings. The number of H-pyrrole nitrogens is 1. The number of tetrazole rings is 1. The molecule has 7 heteroatoms. The van der Waals surface area contributed by atoms with E-state index < -0.39 is 0 Å². The molecule has 2 N–H and O–H groups in total. The van der Waals surface area contributed by atoms with Crippen molar-refractivity contribution in [3.63, 3.8) is 0 Å². The standard InChI is InChI=1S/C15H16N6O/c1-2-4-13(15-18-20-21-19-15)17-14(22)8-7-11-5-3-6-12(9-11)10-16/h3,5-9,13H,2,4H2,1H3,(H,17,22)(H,18,19,20,21)/b8-7+. The molecule has 2 rings (SSSR count).